The molecule has 0 bridgehead atoms. The molecular formula is C10H11N3S. The fraction of sp³-hybridized carbons (Fsp3) is 0.100. The Morgan fingerprint density at radius 1 is 1.29 bits per heavy atom. The van der Waals surface area contributed by atoms with Gasteiger partial charge in [0, 0.05) is 18.0 Å². The molecule has 1 unspecified atom stereocenters. The van der Waals surface area contributed by atoms with E-state index in [1.165, 1.54) is 5.56 Å². The molecule has 1 aromatic rings. The van der Waals surface area contributed by atoms with Gasteiger partial charge in [-0.15, -0.1) is 0 Å². The summed E-state index contributed by atoms with van der Waals surface area (Å²) in [5.74, 6) is 5.28. The van der Waals surface area contributed by atoms with E-state index in [1.54, 1.807) is 6.20 Å². The van der Waals surface area contributed by atoms with E-state index in [2.05, 4.69) is 21.6 Å². The Hall–Kier alpha value is -1.26. The first-order valence-corrected chi connectivity index (χ1v) is 5.56. The Bertz CT molecular complexity index is 407. The van der Waals surface area contributed by atoms with E-state index >= 15 is 0 Å². The van der Waals surface area contributed by atoms with E-state index < -0.39 is 0 Å². The van der Waals surface area contributed by atoms with Gasteiger partial charge in [-0.1, -0.05) is 30.3 Å². The van der Waals surface area contributed by atoms with Gasteiger partial charge in [-0.05, 0) is 16.3 Å². The molecule has 0 spiro atoms. The van der Waals surface area contributed by atoms with Crippen LogP contribution < -0.4 is 5.84 Å². The summed E-state index contributed by atoms with van der Waals surface area (Å²) in [6.07, 6.45) is 2.61. The van der Waals surface area contributed by atoms with Crippen LogP contribution in [0.15, 0.2) is 51.4 Å². The van der Waals surface area contributed by atoms with Crippen molar-refractivity contribution in [3.05, 3.63) is 47.5 Å². The molecule has 1 atom stereocenters. The third-order valence-electron chi connectivity index (χ3n) is 1.96. The van der Waals surface area contributed by atoms with E-state index in [0.29, 0.717) is 0 Å². The molecule has 1 aliphatic rings. The quantitative estimate of drug-likeness (QED) is 0.580. The molecule has 0 saturated carbocycles. The molecule has 1 aliphatic heterocycles. The van der Waals surface area contributed by atoms with Gasteiger partial charge in [0.05, 0.1) is 5.04 Å². The maximum Gasteiger partial charge on any atom is 0.0939 e. The van der Waals surface area contributed by atoms with Crippen molar-refractivity contribution in [2.24, 2.45) is 15.3 Å². The molecule has 0 amide bonds. The molecule has 0 aliphatic carbocycles. The van der Waals surface area contributed by atoms with Crippen molar-refractivity contribution in [1.29, 1.82) is 0 Å². The van der Waals surface area contributed by atoms with Crippen LogP contribution in [-0.4, -0.2) is 5.04 Å². The molecule has 1 heterocycles. The maximum atomic E-state index is 5.28. The number of benzene rings is 1. The van der Waals surface area contributed by atoms with Crippen molar-refractivity contribution in [2.75, 3.05) is 0 Å². The molecule has 0 aromatic heterocycles. The normalized spacial score (nSPS) is 20.1. The molecular weight excluding hydrogens is 194 g/mol. The standard InChI is InChI=1S/C10H11N3S/c11-13-14-7-6-12-10(14)8-9-4-2-1-3-5-9/h1-7H,8,11H2. The van der Waals surface area contributed by atoms with Crippen LogP contribution in [0.5, 0.6) is 0 Å². The van der Waals surface area contributed by atoms with E-state index in [-0.39, 0.29) is 10.7 Å². The highest BCUT2D eigenvalue weighted by atomic mass is 32.2. The molecule has 2 rings (SSSR count). The molecule has 4 heteroatoms. The Labute approximate surface area is 85.4 Å². The van der Waals surface area contributed by atoms with Crippen LogP contribution in [0.1, 0.15) is 5.56 Å². The summed E-state index contributed by atoms with van der Waals surface area (Å²) in [4.78, 5) is 4.26. The fourth-order valence-electron chi connectivity index (χ4n) is 1.29. The summed E-state index contributed by atoms with van der Waals surface area (Å²) in [5, 5.41) is 2.97. The van der Waals surface area contributed by atoms with Crippen molar-refractivity contribution >= 4 is 15.7 Å². The minimum atomic E-state index is -0.300. The zero-order valence-electron chi connectivity index (χ0n) is 7.63. The van der Waals surface area contributed by atoms with Gasteiger partial charge in [0.15, 0.2) is 0 Å². The first kappa shape index (κ1) is 9.30. The smallest absolute Gasteiger partial charge is 0.0939 e. The summed E-state index contributed by atoms with van der Waals surface area (Å²) >= 11 is 0. The van der Waals surface area contributed by atoms with Gasteiger partial charge >= 0.3 is 0 Å². The number of aliphatic imine (C=N–C) groups is 1. The lowest BCUT2D eigenvalue weighted by molar-refractivity contribution is 1.29. The Morgan fingerprint density at radius 2 is 2.07 bits per heavy atom. The summed E-state index contributed by atoms with van der Waals surface area (Å²) in [7, 11) is -0.300. The zero-order valence-corrected chi connectivity index (χ0v) is 8.45. The molecule has 72 valence electrons. The van der Waals surface area contributed by atoms with Gasteiger partial charge < -0.3 is 0 Å². The zero-order chi connectivity index (χ0) is 9.80. The Morgan fingerprint density at radius 3 is 2.79 bits per heavy atom. The molecule has 3 nitrogen and oxygen atoms in total. The van der Waals surface area contributed by atoms with Crippen molar-refractivity contribution in [3.8, 4) is 0 Å². The van der Waals surface area contributed by atoms with Crippen LogP contribution in [0.3, 0.4) is 0 Å². The van der Waals surface area contributed by atoms with E-state index in [9.17, 15) is 0 Å². The van der Waals surface area contributed by atoms with Gasteiger partial charge in [0.1, 0.15) is 0 Å². The van der Waals surface area contributed by atoms with Gasteiger partial charge in [0.25, 0.3) is 0 Å². The van der Waals surface area contributed by atoms with E-state index in [1.807, 2.05) is 23.6 Å². The average molecular weight is 205 g/mol. The molecule has 0 radical (unpaired) electrons. The molecule has 0 fully saturated rings. The number of rotatable bonds is 2. The Kier molecular flexibility index (Phi) is 2.86. The van der Waals surface area contributed by atoms with Crippen LogP contribution in [0, 0.1) is 0 Å². The highest BCUT2D eigenvalue weighted by Crippen LogP contribution is 2.10. The first-order chi connectivity index (χ1) is 6.90. The average Bonchev–Trinajstić information content (AvgIpc) is 2.67. The van der Waals surface area contributed by atoms with Crippen molar-refractivity contribution < 1.29 is 0 Å². The summed E-state index contributed by atoms with van der Waals surface area (Å²) in [6.45, 7) is 0. The minimum absolute atomic E-state index is 0.300. The van der Waals surface area contributed by atoms with Crippen molar-refractivity contribution in [3.63, 3.8) is 0 Å². The predicted molar refractivity (Wildman–Crippen MR) is 60.7 cm³/mol. The molecule has 2 N–H and O–H groups in total. The van der Waals surface area contributed by atoms with Crippen molar-refractivity contribution in [2.45, 2.75) is 6.42 Å². The van der Waals surface area contributed by atoms with Gasteiger partial charge in [0.2, 0.25) is 0 Å². The predicted octanol–water partition coefficient (Wildman–Crippen LogP) is 1.79. The summed E-state index contributed by atoms with van der Waals surface area (Å²) in [5.41, 5.74) is 1.25. The monoisotopic (exact) mass is 205 g/mol. The number of hydrogen-bond acceptors (Lipinski definition) is 2. The molecule has 14 heavy (non-hydrogen) atoms. The van der Waals surface area contributed by atoms with Gasteiger partial charge in [-0.2, -0.15) is 4.47 Å². The van der Waals surface area contributed by atoms with Crippen LogP contribution in [0.25, 0.3) is 0 Å². The SMILES string of the molecule is NN=S1C=CN=C1Cc1ccccc1. The second-order valence-electron chi connectivity index (χ2n) is 2.89. The van der Waals surface area contributed by atoms with Crippen LogP contribution in [-0.2, 0) is 17.1 Å². The molecule has 1 aromatic carbocycles. The fourth-order valence-corrected chi connectivity index (χ4v) is 2.30. The summed E-state index contributed by atoms with van der Waals surface area (Å²) < 4.78 is 3.78. The Balaban J connectivity index is 2.14. The minimum Gasteiger partial charge on any atom is -0.252 e. The second kappa shape index (κ2) is 4.30. The van der Waals surface area contributed by atoms with Crippen LogP contribution >= 0.6 is 0 Å². The largest absolute Gasteiger partial charge is 0.252 e. The molecule has 0 saturated heterocycles. The van der Waals surface area contributed by atoms with Crippen LogP contribution in [0.2, 0.25) is 0 Å². The number of hydrogen-bond donors (Lipinski definition) is 1. The lowest BCUT2D eigenvalue weighted by Crippen LogP contribution is -2.07. The second-order valence-corrected chi connectivity index (χ2v) is 4.47. The van der Waals surface area contributed by atoms with E-state index in [4.69, 9.17) is 5.84 Å². The van der Waals surface area contributed by atoms with Gasteiger partial charge in [-0.25, -0.2) is 5.84 Å². The third-order valence-corrected chi connectivity index (χ3v) is 3.30. The van der Waals surface area contributed by atoms with Crippen LogP contribution in [0.4, 0.5) is 0 Å². The summed E-state index contributed by atoms with van der Waals surface area (Å²) in [6, 6.07) is 10.2. The number of nitrogens with zero attached hydrogens (tertiary/aromatic N) is 2. The van der Waals surface area contributed by atoms with Gasteiger partial charge in [-0.3, -0.25) is 4.99 Å². The number of nitrogens with two attached hydrogens (primary N) is 1. The highest BCUT2D eigenvalue weighted by Gasteiger charge is 2.08. The topological polar surface area (TPSA) is 50.7 Å². The van der Waals surface area contributed by atoms with E-state index in [0.717, 1.165) is 11.5 Å². The third kappa shape index (κ3) is 1.97. The maximum absolute atomic E-state index is 5.28. The lowest BCUT2D eigenvalue weighted by atomic mass is 10.2. The van der Waals surface area contributed by atoms with Crippen molar-refractivity contribution in [1.82, 2.24) is 0 Å². The first-order valence-electron chi connectivity index (χ1n) is 4.31. The lowest BCUT2D eigenvalue weighted by Gasteiger charge is -2.01. The highest BCUT2D eigenvalue weighted by molar-refractivity contribution is 8.05.